The Hall–Kier alpha value is -1.09. The molecule has 0 amide bonds. The van der Waals surface area contributed by atoms with Crippen molar-refractivity contribution >= 4 is 16.0 Å². The van der Waals surface area contributed by atoms with Crippen LogP contribution in [-0.4, -0.2) is 48.8 Å². The third-order valence-corrected chi connectivity index (χ3v) is 3.09. The number of nitrogens with zero attached hydrogens (tertiary/aromatic N) is 1. The van der Waals surface area contributed by atoms with Gasteiger partial charge in [0.05, 0.1) is 5.75 Å². The number of hydrogen-bond donors (Lipinski definition) is 1. The van der Waals surface area contributed by atoms with Crippen molar-refractivity contribution in [1.82, 2.24) is 4.31 Å². The molecule has 0 spiro atoms. The van der Waals surface area contributed by atoms with Gasteiger partial charge in [0, 0.05) is 0 Å². The Morgan fingerprint density at radius 1 is 1.44 bits per heavy atom. The maximum Gasteiger partial charge on any atom is 0.402 e. The minimum Gasteiger partial charge on any atom is -0.480 e. The highest BCUT2D eigenvalue weighted by atomic mass is 32.2. The number of carbonyl (C=O) groups is 1. The number of hydrogen-bond acceptors (Lipinski definition) is 3. The van der Waals surface area contributed by atoms with Gasteiger partial charge in [-0.15, -0.1) is 6.58 Å². The fourth-order valence-corrected chi connectivity index (χ4v) is 2.02. The standard InChI is InChI=1S/C7H10F3NO4S/c1-2-3-16(14,15)11(4-6(12)13)5-7(8,9)10/h2H,1,3-5H2,(H,12,13). The van der Waals surface area contributed by atoms with Crippen molar-refractivity contribution < 1.29 is 31.5 Å². The maximum atomic E-state index is 12.0. The first-order valence-electron chi connectivity index (χ1n) is 3.96. The molecule has 0 aromatic carbocycles. The number of alkyl halides is 3. The Kier molecular flexibility index (Phi) is 4.94. The van der Waals surface area contributed by atoms with Gasteiger partial charge in [-0.2, -0.15) is 17.5 Å². The molecule has 0 radical (unpaired) electrons. The lowest BCUT2D eigenvalue weighted by molar-refractivity contribution is -0.145. The first kappa shape index (κ1) is 14.9. The average molecular weight is 261 g/mol. The van der Waals surface area contributed by atoms with E-state index in [1.165, 1.54) is 0 Å². The monoisotopic (exact) mass is 261 g/mol. The van der Waals surface area contributed by atoms with Gasteiger partial charge >= 0.3 is 12.1 Å². The summed E-state index contributed by atoms with van der Waals surface area (Å²) in [6.45, 7) is 0.0189. The van der Waals surface area contributed by atoms with Crippen molar-refractivity contribution in [2.45, 2.75) is 6.18 Å². The second kappa shape index (κ2) is 5.30. The Balaban J connectivity index is 4.94. The predicted molar refractivity (Wildman–Crippen MR) is 49.2 cm³/mol. The molecule has 0 saturated carbocycles. The molecule has 0 aromatic heterocycles. The lowest BCUT2D eigenvalue weighted by atomic mass is 10.5. The van der Waals surface area contributed by atoms with Crippen LogP contribution in [0, 0.1) is 0 Å². The van der Waals surface area contributed by atoms with Crippen LogP contribution >= 0.6 is 0 Å². The normalized spacial score (nSPS) is 12.8. The van der Waals surface area contributed by atoms with E-state index in [-0.39, 0.29) is 4.31 Å². The van der Waals surface area contributed by atoms with Crippen molar-refractivity contribution in [3.8, 4) is 0 Å². The van der Waals surface area contributed by atoms with Crippen LogP contribution in [0.25, 0.3) is 0 Å². The second-order valence-electron chi connectivity index (χ2n) is 2.84. The molecular formula is C7H10F3NO4S. The van der Waals surface area contributed by atoms with Crippen LogP contribution in [0.15, 0.2) is 12.7 Å². The number of sulfonamides is 1. The van der Waals surface area contributed by atoms with Crippen LogP contribution < -0.4 is 0 Å². The molecule has 0 aromatic rings. The van der Waals surface area contributed by atoms with Gasteiger partial charge in [-0.3, -0.25) is 4.79 Å². The molecule has 9 heteroatoms. The van der Waals surface area contributed by atoms with E-state index in [0.717, 1.165) is 6.08 Å². The molecule has 0 aliphatic carbocycles. The van der Waals surface area contributed by atoms with Crippen molar-refractivity contribution in [2.24, 2.45) is 0 Å². The van der Waals surface area contributed by atoms with Crippen LogP contribution in [-0.2, 0) is 14.8 Å². The average Bonchev–Trinajstić information content (AvgIpc) is 1.98. The number of carboxylic acid groups (broad SMARTS) is 1. The summed E-state index contributed by atoms with van der Waals surface area (Å²) in [4.78, 5) is 10.2. The van der Waals surface area contributed by atoms with Crippen molar-refractivity contribution in [2.75, 3.05) is 18.8 Å². The van der Waals surface area contributed by atoms with Crippen LogP contribution in [0.4, 0.5) is 13.2 Å². The highest BCUT2D eigenvalue weighted by Crippen LogP contribution is 2.18. The smallest absolute Gasteiger partial charge is 0.402 e. The minimum atomic E-state index is -4.79. The van der Waals surface area contributed by atoms with E-state index in [1.807, 2.05) is 0 Å². The molecule has 0 atom stereocenters. The van der Waals surface area contributed by atoms with Crippen LogP contribution in [0.1, 0.15) is 0 Å². The summed E-state index contributed by atoms with van der Waals surface area (Å²) in [5, 5.41) is 8.31. The first-order valence-corrected chi connectivity index (χ1v) is 5.56. The van der Waals surface area contributed by atoms with E-state index in [4.69, 9.17) is 5.11 Å². The van der Waals surface area contributed by atoms with E-state index in [2.05, 4.69) is 6.58 Å². The molecule has 0 aliphatic heterocycles. The zero-order valence-electron chi connectivity index (χ0n) is 8.07. The molecule has 5 nitrogen and oxygen atoms in total. The minimum absolute atomic E-state index is 0.142. The van der Waals surface area contributed by atoms with Crippen LogP contribution in [0.2, 0.25) is 0 Å². The highest BCUT2D eigenvalue weighted by molar-refractivity contribution is 7.89. The molecule has 0 aliphatic rings. The van der Waals surface area contributed by atoms with Gasteiger partial charge in [0.15, 0.2) is 0 Å². The number of halogens is 3. The number of aliphatic carboxylic acids is 1. The third-order valence-electron chi connectivity index (χ3n) is 1.39. The van der Waals surface area contributed by atoms with E-state index >= 15 is 0 Å². The largest absolute Gasteiger partial charge is 0.480 e. The Labute approximate surface area is 90.2 Å². The molecule has 0 fully saturated rings. The molecule has 0 saturated heterocycles. The molecular weight excluding hydrogens is 251 g/mol. The molecule has 0 bridgehead atoms. The fourth-order valence-electron chi connectivity index (χ4n) is 0.858. The molecule has 0 heterocycles. The Morgan fingerprint density at radius 2 is 1.94 bits per heavy atom. The number of rotatable bonds is 6. The zero-order chi connectivity index (χ0) is 13.0. The fraction of sp³-hybridized carbons (Fsp3) is 0.571. The summed E-state index contributed by atoms with van der Waals surface area (Å²) in [5.74, 6) is -2.40. The quantitative estimate of drug-likeness (QED) is 0.704. The second-order valence-corrected chi connectivity index (χ2v) is 4.86. The topological polar surface area (TPSA) is 74.7 Å². The van der Waals surface area contributed by atoms with Gasteiger partial charge in [0.2, 0.25) is 10.0 Å². The van der Waals surface area contributed by atoms with Crippen LogP contribution in [0.3, 0.4) is 0 Å². The SMILES string of the molecule is C=CCS(=O)(=O)N(CC(=O)O)CC(F)(F)F. The first-order chi connectivity index (χ1) is 7.08. The third kappa shape index (κ3) is 5.71. The Bertz CT molecular complexity index is 362. The van der Waals surface area contributed by atoms with Gasteiger partial charge in [0.25, 0.3) is 0 Å². The molecule has 16 heavy (non-hydrogen) atoms. The molecule has 0 rings (SSSR count). The summed E-state index contributed by atoms with van der Waals surface area (Å²) >= 11 is 0. The predicted octanol–water partition coefficient (Wildman–Crippen LogP) is 0.451. The maximum absolute atomic E-state index is 12.0. The van der Waals surface area contributed by atoms with Crippen molar-refractivity contribution in [1.29, 1.82) is 0 Å². The van der Waals surface area contributed by atoms with E-state index in [1.54, 1.807) is 0 Å². The molecule has 94 valence electrons. The summed E-state index contributed by atoms with van der Waals surface area (Å²) in [5.41, 5.74) is 0. The van der Waals surface area contributed by atoms with E-state index in [9.17, 15) is 26.4 Å². The van der Waals surface area contributed by atoms with Gasteiger partial charge < -0.3 is 5.11 Å². The van der Waals surface area contributed by atoms with Gasteiger partial charge in [0.1, 0.15) is 13.1 Å². The molecule has 1 N–H and O–H groups in total. The van der Waals surface area contributed by atoms with E-state index in [0.29, 0.717) is 0 Å². The van der Waals surface area contributed by atoms with Crippen molar-refractivity contribution in [3.05, 3.63) is 12.7 Å². The summed E-state index contributed by atoms with van der Waals surface area (Å²) in [6, 6.07) is 0. The zero-order valence-corrected chi connectivity index (χ0v) is 8.88. The summed E-state index contributed by atoms with van der Waals surface area (Å²) in [7, 11) is -4.29. The lowest BCUT2D eigenvalue weighted by Gasteiger charge is -2.20. The highest BCUT2D eigenvalue weighted by Gasteiger charge is 2.36. The van der Waals surface area contributed by atoms with Crippen LogP contribution in [0.5, 0.6) is 0 Å². The van der Waals surface area contributed by atoms with Gasteiger partial charge in [-0.1, -0.05) is 6.08 Å². The summed E-state index contributed by atoms with van der Waals surface area (Å²) in [6.07, 6.45) is -3.90. The van der Waals surface area contributed by atoms with E-state index < -0.39 is 41.0 Å². The van der Waals surface area contributed by atoms with Gasteiger partial charge in [-0.05, 0) is 0 Å². The van der Waals surface area contributed by atoms with Crippen molar-refractivity contribution in [3.63, 3.8) is 0 Å². The molecule has 0 unspecified atom stereocenters. The Morgan fingerprint density at radius 3 is 2.25 bits per heavy atom. The lowest BCUT2D eigenvalue weighted by Crippen LogP contribution is -2.42. The summed E-state index contributed by atoms with van der Waals surface area (Å²) < 4.78 is 58.3. The number of carboxylic acids is 1. The van der Waals surface area contributed by atoms with Gasteiger partial charge in [-0.25, -0.2) is 8.42 Å².